The van der Waals surface area contributed by atoms with Crippen LogP contribution in [0.25, 0.3) is 11.2 Å². The van der Waals surface area contributed by atoms with E-state index in [9.17, 15) is 14.6 Å². The first kappa shape index (κ1) is 15.9. The van der Waals surface area contributed by atoms with Crippen molar-refractivity contribution in [1.29, 1.82) is 0 Å². The number of halogens is 2. The van der Waals surface area contributed by atoms with Gasteiger partial charge in [-0.25, -0.2) is 9.37 Å². The van der Waals surface area contributed by atoms with Gasteiger partial charge in [-0.15, -0.1) is 6.42 Å². The van der Waals surface area contributed by atoms with E-state index in [0.717, 1.165) is 0 Å². The van der Waals surface area contributed by atoms with E-state index >= 15 is 0 Å². The lowest BCUT2D eigenvalue weighted by Gasteiger charge is -2.23. The molecule has 0 radical (unpaired) electrons. The lowest BCUT2D eigenvalue weighted by molar-refractivity contribution is -0.0900. The van der Waals surface area contributed by atoms with Crippen molar-refractivity contribution in [3.05, 3.63) is 11.6 Å². The smallest absolute Gasteiger partial charge is 0.246 e. The second kappa shape index (κ2) is 5.58. The van der Waals surface area contributed by atoms with Crippen LogP contribution in [0, 0.1) is 12.3 Å². The topological polar surface area (TPSA) is 103 Å². The summed E-state index contributed by atoms with van der Waals surface area (Å²) in [6.45, 7) is -0.743. The number of fused-ring (bicyclic) bond motifs is 1. The highest BCUT2D eigenvalue weighted by Crippen LogP contribution is 2.40. The quantitative estimate of drug-likeness (QED) is 0.601. The van der Waals surface area contributed by atoms with Gasteiger partial charge in [-0.3, -0.25) is 4.57 Å². The molecule has 1 aliphatic heterocycles. The summed E-state index contributed by atoms with van der Waals surface area (Å²) < 4.78 is 26.2. The van der Waals surface area contributed by atoms with Crippen LogP contribution >= 0.6 is 11.6 Å². The van der Waals surface area contributed by atoms with Crippen molar-refractivity contribution in [2.24, 2.45) is 0 Å². The molecule has 1 saturated heterocycles. The number of rotatable bonds is 3. The molecule has 2 aromatic rings. The molecule has 0 aliphatic carbocycles. The van der Waals surface area contributed by atoms with Gasteiger partial charge < -0.3 is 19.7 Å². The van der Waals surface area contributed by atoms with Crippen molar-refractivity contribution in [2.45, 2.75) is 24.1 Å². The molecule has 1 fully saturated rings. The minimum atomic E-state index is -1.91. The van der Waals surface area contributed by atoms with Crippen LogP contribution in [0.2, 0.25) is 5.28 Å². The number of hydrogen-bond donors (Lipinski definition) is 2. The first-order valence-corrected chi connectivity index (χ1v) is 6.88. The van der Waals surface area contributed by atoms with Gasteiger partial charge in [-0.1, -0.05) is 5.92 Å². The van der Waals surface area contributed by atoms with Crippen LogP contribution in [-0.4, -0.2) is 61.3 Å². The Morgan fingerprint density at radius 1 is 1.61 bits per heavy atom. The summed E-state index contributed by atoms with van der Waals surface area (Å²) in [7, 11) is 1.38. The highest BCUT2D eigenvalue weighted by atomic mass is 35.5. The maximum Gasteiger partial charge on any atom is 0.246 e. The Balaban J connectivity index is 2.11. The zero-order valence-corrected chi connectivity index (χ0v) is 12.6. The molecule has 8 nitrogen and oxygen atoms in total. The van der Waals surface area contributed by atoms with E-state index in [0.29, 0.717) is 0 Å². The molecule has 2 N–H and O–H groups in total. The Bertz CT molecular complexity index is 794. The SMILES string of the molecule is C#C[C@]1(CO)O[C@@H](n2cnc3c(OC)nc(Cl)nc32)[C@@H](F)[C@@H]1O. The van der Waals surface area contributed by atoms with Crippen LogP contribution in [0.15, 0.2) is 6.33 Å². The van der Waals surface area contributed by atoms with Crippen molar-refractivity contribution in [3.8, 4) is 18.2 Å². The van der Waals surface area contributed by atoms with Crippen LogP contribution in [0.5, 0.6) is 5.88 Å². The zero-order chi connectivity index (χ0) is 16.8. The van der Waals surface area contributed by atoms with E-state index in [2.05, 4.69) is 20.9 Å². The predicted molar refractivity (Wildman–Crippen MR) is 76.6 cm³/mol. The third-order valence-corrected chi connectivity index (χ3v) is 3.86. The largest absolute Gasteiger partial charge is 0.479 e. The molecular formula is C13H12ClFN4O4. The molecule has 1 aliphatic rings. The van der Waals surface area contributed by atoms with Crippen LogP contribution in [0.1, 0.15) is 6.23 Å². The number of ether oxygens (including phenoxy) is 2. The number of imidazole rings is 1. The minimum absolute atomic E-state index is 0.109. The Morgan fingerprint density at radius 2 is 2.35 bits per heavy atom. The summed E-state index contributed by atoms with van der Waals surface area (Å²) in [5.74, 6) is 2.21. The van der Waals surface area contributed by atoms with E-state index in [-0.39, 0.29) is 22.3 Å². The van der Waals surface area contributed by atoms with E-state index in [1.54, 1.807) is 0 Å². The molecule has 3 heterocycles. The third-order valence-electron chi connectivity index (χ3n) is 3.69. The molecule has 3 rings (SSSR count). The fourth-order valence-corrected chi connectivity index (χ4v) is 2.62. The number of aliphatic hydroxyl groups is 2. The van der Waals surface area contributed by atoms with Crippen molar-refractivity contribution < 1.29 is 24.1 Å². The monoisotopic (exact) mass is 342 g/mol. The van der Waals surface area contributed by atoms with Gasteiger partial charge in [-0.2, -0.15) is 9.97 Å². The highest BCUT2D eigenvalue weighted by molar-refractivity contribution is 6.28. The molecule has 23 heavy (non-hydrogen) atoms. The zero-order valence-electron chi connectivity index (χ0n) is 11.8. The number of hydrogen-bond acceptors (Lipinski definition) is 7. The van der Waals surface area contributed by atoms with Crippen molar-refractivity contribution in [2.75, 3.05) is 13.7 Å². The Labute approximate surface area is 134 Å². The van der Waals surface area contributed by atoms with Gasteiger partial charge in [0.25, 0.3) is 0 Å². The second-order valence-corrected chi connectivity index (χ2v) is 5.25. The summed E-state index contributed by atoms with van der Waals surface area (Å²) in [5, 5.41) is 19.2. The number of nitrogens with zero attached hydrogens (tertiary/aromatic N) is 4. The van der Waals surface area contributed by atoms with Gasteiger partial charge in [0.1, 0.15) is 6.10 Å². The average molecular weight is 343 g/mol. The van der Waals surface area contributed by atoms with Crippen molar-refractivity contribution in [1.82, 2.24) is 19.5 Å². The Hall–Kier alpha value is -1.99. The van der Waals surface area contributed by atoms with E-state index in [4.69, 9.17) is 27.5 Å². The third kappa shape index (κ3) is 2.22. The summed E-state index contributed by atoms with van der Waals surface area (Å²) in [6, 6.07) is 0. The van der Waals surface area contributed by atoms with E-state index in [1.807, 2.05) is 0 Å². The molecule has 0 spiro atoms. The molecule has 0 bridgehead atoms. The number of aliphatic hydroxyl groups excluding tert-OH is 2. The van der Waals surface area contributed by atoms with Gasteiger partial charge in [-0.05, 0) is 11.6 Å². The molecule has 0 saturated carbocycles. The normalized spacial score (nSPS) is 30.5. The molecule has 0 unspecified atom stereocenters. The van der Waals surface area contributed by atoms with Crippen LogP contribution in [0.4, 0.5) is 4.39 Å². The van der Waals surface area contributed by atoms with Gasteiger partial charge in [0.2, 0.25) is 11.2 Å². The number of aromatic nitrogens is 4. The fourth-order valence-electron chi connectivity index (χ4n) is 2.46. The molecular weight excluding hydrogens is 331 g/mol. The average Bonchev–Trinajstić information content (AvgIpc) is 3.07. The molecule has 0 aromatic carbocycles. The number of alkyl halides is 1. The lowest BCUT2D eigenvalue weighted by atomic mass is 9.98. The molecule has 122 valence electrons. The summed E-state index contributed by atoms with van der Waals surface area (Å²) in [5.41, 5.74) is -1.46. The van der Waals surface area contributed by atoms with Crippen LogP contribution in [-0.2, 0) is 4.74 Å². The first-order chi connectivity index (χ1) is 11.0. The van der Waals surface area contributed by atoms with Crippen molar-refractivity contribution in [3.63, 3.8) is 0 Å². The fraction of sp³-hybridized carbons (Fsp3) is 0.462. The van der Waals surface area contributed by atoms with E-state index < -0.39 is 30.7 Å². The molecule has 0 amide bonds. The number of methoxy groups -OCH3 is 1. The maximum atomic E-state index is 14.5. The maximum absolute atomic E-state index is 14.5. The Morgan fingerprint density at radius 3 is 2.91 bits per heavy atom. The Kier molecular flexibility index (Phi) is 3.85. The van der Waals surface area contributed by atoms with Gasteiger partial charge in [0, 0.05) is 0 Å². The standard InChI is InChI=1S/C13H12ClFN4O4/c1-3-13(4-20)8(21)6(15)11(23-13)19-5-16-7-9(19)17-12(14)18-10(7)22-2/h1,5-6,8,11,20-21H,4H2,2H3/t6-,8-,11+,13+/m0/s1. The van der Waals surface area contributed by atoms with Crippen LogP contribution in [0.3, 0.4) is 0 Å². The molecule has 10 heteroatoms. The van der Waals surface area contributed by atoms with Crippen LogP contribution < -0.4 is 4.74 Å². The molecule has 4 atom stereocenters. The first-order valence-electron chi connectivity index (χ1n) is 6.50. The second-order valence-electron chi connectivity index (χ2n) is 4.92. The summed E-state index contributed by atoms with van der Waals surface area (Å²) in [6.07, 6.45) is 1.56. The van der Waals surface area contributed by atoms with E-state index in [1.165, 1.54) is 18.0 Å². The molecule has 2 aromatic heterocycles. The van der Waals surface area contributed by atoms with Gasteiger partial charge in [0.15, 0.2) is 29.2 Å². The number of terminal acetylenes is 1. The van der Waals surface area contributed by atoms with Gasteiger partial charge in [0.05, 0.1) is 20.0 Å². The minimum Gasteiger partial charge on any atom is -0.479 e. The summed E-state index contributed by atoms with van der Waals surface area (Å²) in [4.78, 5) is 11.9. The lowest BCUT2D eigenvalue weighted by Crippen LogP contribution is -2.44. The van der Waals surface area contributed by atoms with Gasteiger partial charge >= 0.3 is 0 Å². The predicted octanol–water partition coefficient (Wildman–Crippen LogP) is 0.0804. The highest BCUT2D eigenvalue weighted by Gasteiger charge is 2.55. The summed E-state index contributed by atoms with van der Waals surface area (Å²) >= 11 is 5.81. The van der Waals surface area contributed by atoms with Crippen molar-refractivity contribution >= 4 is 22.8 Å².